The number of rotatable bonds is 3. The molecule has 0 radical (unpaired) electrons. The quantitative estimate of drug-likeness (QED) is 0.588. The van der Waals surface area contributed by atoms with Crippen LogP contribution in [-0.2, 0) is 4.79 Å². The molecule has 0 saturated carbocycles. The average molecular weight is 427 g/mol. The summed E-state index contributed by atoms with van der Waals surface area (Å²) in [4.78, 5) is 27.8. The summed E-state index contributed by atoms with van der Waals surface area (Å²) in [6, 6.07) is 18.5. The number of amides is 2. The summed E-state index contributed by atoms with van der Waals surface area (Å²) >= 11 is 12.2. The first-order valence-corrected chi connectivity index (χ1v) is 10.3. The first-order valence-electron chi connectivity index (χ1n) is 9.56. The molecule has 148 valence electrons. The fraction of sp³-hybridized carbons (Fsp3) is 0.217. The molecule has 4 rings (SSSR count). The van der Waals surface area contributed by atoms with Gasteiger partial charge in [0.15, 0.2) is 0 Å². The van der Waals surface area contributed by atoms with Crippen molar-refractivity contribution in [3.63, 3.8) is 0 Å². The summed E-state index contributed by atoms with van der Waals surface area (Å²) in [5, 5.41) is 5.75. The van der Waals surface area contributed by atoms with Crippen LogP contribution in [0.25, 0.3) is 10.8 Å². The van der Waals surface area contributed by atoms with Gasteiger partial charge in [-0.3, -0.25) is 9.59 Å². The second-order valence-corrected chi connectivity index (χ2v) is 8.07. The van der Waals surface area contributed by atoms with Crippen molar-refractivity contribution in [1.82, 2.24) is 4.90 Å². The van der Waals surface area contributed by atoms with E-state index in [1.165, 1.54) is 0 Å². The van der Waals surface area contributed by atoms with Crippen molar-refractivity contribution in [2.75, 3.05) is 18.4 Å². The number of fused-ring (bicyclic) bond motifs is 1. The van der Waals surface area contributed by atoms with E-state index in [2.05, 4.69) is 5.32 Å². The van der Waals surface area contributed by atoms with Crippen LogP contribution in [0.1, 0.15) is 23.2 Å². The normalized spacial score (nSPS) is 16.6. The Morgan fingerprint density at radius 2 is 1.79 bits per heavy atom. The highest BCUT2D eigenvalue weighted by Gasteiger charge is 2.29. The maximum absolute atomic E-state index is 13.2. The molecule has 1 saturated heterocycles. The molecule has 29 heavy (non-hydrogen) atoms. The third kappa shape index (κ3) is 4.24. The molecule has 1 heterocycles. The Bertz CT molecular complexity index is 1080. The highest BCUT2D eigenvalue weighted by Crippen LogP contribution is 2.28. The lowest BCUT2D eigenvalue weighted by atomic mass is 9.95. The molecule has 3 aromatic carbocycles. The standard InChI is InChI=1S/C23H20Cl2N2O2/c24-17-10-11-20(25)21(13-17)26-22(28)16-7-4-12-27(14-16)23(29)19-9-3-6-15-5-1-2-8-18(15)19/h1-3,5-6,8-11,13,16H,4,7,12,14H2,(H,26,28). The van der Waals surface area contributed by atoms with Crippen LogP contribution in [0, 0.1) is 5.92 Å². The van der Waals surface area contributed by atoms with Gasteiger partial charge < -0.3 is 10.2 Å². The molecule has 1 unspecified atom stereocenters. The van der Waals surface area contributed by atoms with E-state index >= 15 is 0 Å². The zero-order chi connectivity index (χ0) is 20.4. The minimum absolute atomic E-state index is 0.0416. The predicted molar refractivity (Wildman–Crippen MR) is 118 cm³/mol. The summed E-state index contributed by atoms with van der Waals surface area (Å²) < 4.78 is 0. The number of hydrogen-bond donors (Lipinski definition) is 1. The minimum atomic E-state index is -0.294. The SMILES string of the molecule is O=C(Nc1cc(Cl)ccc1Cl)C1CCCN(C(=O)c2cccc3ccccc23)C1. The lowest BCUT2D eigenvalue weighted by Crippen LogP contribution is -2.43. The van der Waals surface area contributed by atoms with E-state index in [0.717, 1.165) is 23.6 Å². The minimum Gasteiger partial charge on any atom is -0.338 e. The van der Waals surface area contributed by atoms with Crippen molar-refractivity contribution in [3.8, 4) is 0 Å². The number of nitrogens with zero attached hydrogens (tertiary/aromatic N) is 1. The lowest BCUT2D eigenvalue weighted by Gasteiger charge is -2.32. The molecule has 1 fully saturated rings. The van der Waals surface area contributed by atoms with Gasteiger partial charge in [-0.25, -0.2) is 0 Å². The summed E-state index contributed by atoms with van der Waals surface area (Å²) in [5.41, 5.74) is 1.16. The van der Waals surface area contributed by atoms with Crippen LogP contribution < -0.4 is 5.32 Å². The molecule has 1 aliphatic heterocycles. The van der Waals surface area contributed by atoms with Gasteiger partial charge in [0.2, 0.25) is 5.91 Å². The van der Waals surface area contributed by atoms with Crippen molar-refractivity contribution >= 4 is 51.5 Å². The smallest absolute Gasteiger partial charge is 0.254 e. The molecule has 2 amide bonds. The van der Waals surface area contributed by atoms with Crippen LogP contribution in [0.15, 0.2) is 60.7 Å². The Hall–Kier alpha value is -2.56. The summed E-state index contributed by atoms with van der Waals surface area (Å²) in [6.07, 6.45) is 1.50. The van der Waals surface area contributed by atoms with Crippen LogP contribution in [-0.4, -0.2) is 29.8 Å². The van der Waals surface area contributed by atoms with Crippen molar-refractivity contribution in [3.05, 3.63) is 76.3 Å². The highest BCUT2D eigenvalue weighted by atomic mass is 35.5. The van der Waals surface area contributed by atoms with Gasteiger partial charge in [0, 0.05) is 23.7 Å². The van der Waals surface area contributed by atoms with Gasteiger partial charge in [-0.05, 0) is 47.9 Å². The number of benzene rings is 3. The van der Waals surface area contributed by atoms with Gasteiger partial charge in [0.1, 0.15) is 0 Å². The molecule has 0 aromatic heterocycles. The second-order valence-electron chi connectivity index (χ2n) is 7.23. The number of anilines is 1. The predicted octanol–water partition coefficient (Wildman–Crippen LogP) is 5.64. The molecule has 1 aliphatic rings. The van der Waals surface area contributed by atoms with Crippen LogP contribution in [0.4, 0.5) is 5.69 Å². The molecular weight excluding hydrogens is 407 g/mol. The maximum Gasteiger partial charge on any atom is 0.254 e. The Kier molecular flexibility index (Phi) is 5.74. The average Bonchev–Trinajstić information content (AvgIpc) is 2.75. The maximum atomic E-state index is 13.2. The van der Waals surface area contributed by atoms with Crippen molar-refractivity contribution in [2.24, 2.45) is 5.92 Å². The van der Waals surface area contributed by atoms with Gasteiger partial charge in [0.05, 0.1) is 16.6 Å². The highest BCUT2D eigenvalue weighted by molar-refractivity contribution is 6.35. The number of carbonyl (C=O) groups excluding carboxylic acids is 2. The van der Waals surface area contributed by atoms with E-state index in [-0.39, 0.29) is 17.7 Å². The van der Waals surface area contributed by atoms with E-state index in [0.29, 0.717) is 34.4 Å². The summed E-state index contributed by atoms with van der Waals surface area (Å²) in [7, 11) is 0. The van der Waals surface area contributed by atoms with Crippen molar-refractivity contribution in [2.45, 2.75) is 12.8 Å². The molecule has 1 N–H and O–H groups in total. The molecule has 0 bridgehead atoms. The summed E-state index contributed by atoms with van der Waals surface area (Å²) in [6.45, 7) is 1.02. The van der Waals surface area contributed by atoms with Crippen molar-refractivity contribution < 1.29 is 9.59 Å². The number of piperidine rings is 1. The van der Waals surface area contributed by atoms with E-state index in [1.54, 1.807) is 23.1 Å². The molecule has 3 aromatic rings. The number of nitrogens with one attached hydrogen (secondary N) is 1. The van der Waals surface area contributed by atoms with Crippen LogP contribution >= 0.6 is 23.2 Å². The van der Waals surface area contributed by atoms with E-state index in [4.69, 9.17) is 23.2 Å². The van der Waals surface area contributed by atoms with Gasteiger partial charge in [-0.15, -0.1) is 0 Å². The van der Waals surface area contributed by atoms with E-state index in [9.17, 15) is 9.59 Å². The molecule has 6 heteroatoms. The zero-order valence-electron chi connectivity index (χ0n) is 15.7. The molecule has 1 atom stereocenters. The molecule has 0 aliphatic carbocycles. The Morgan fingerprint density at radius 3 is 2.66 bits per heavy atom. The van der Waals surface area contributed by atoms with Gasteiger partial charge in [0.25, 0.3) is 5.91 Å². The fourth-order valence-electron chi connectivity index (χ4n) is 3.79. The van der Waals surface area contributed by atoms with Crippen LogP contribution in [0.2, 0.25) is 10.0 Å². The van der Waals surface area contributed by atoms with Crippen LogP contribution in [0.5, 0.6) is 0 Å². The van der Waals surface area contributed by atoms with Gasteiger partial charge in [-0.1, -0.05) is 59.6 Å². The lowest BCUT2D eigenvalue weighted by molar-refractivity contribution is -0.121. The third-order valence-corrected chi connectivity index (χ3v) is 5.85. The Morgan fingerprint density at radius 1 is 1.00 bits per heavy atom. The van der Waals surface area contributed by atoms with Gasteiger partial charge in [-0.2, -0.15) is 0 Å². The topological polar surface area (TPSA) is 49.4 Å². The number of hydrogen-bond acceptors (Lipinski definition) is 2. The third-order valence-electron chi connectivity index (χ3n) is 5.29. The van der Waals surface area contributed by atoms with E-state index in [1.807, 2.05) is 42.5 Å². The monoisotopic (exact) mass is 426 g/mol. The van der Waals surface area contributed by atoms with Gasteiger partial charge >= 0.3 is 0 Å². The Balaban J connectivity index is 1.51. The van der Waals surface area contributed by atoms with Crippen LogP contribution in [0.3, 0.4) is 0 Å². The largest absolute Gasteiger partial charge is 0.338 e. The van der Waals surface area contributed by atoms with Crippen molar-refractivity contribution in [1.29, 1.82) is 0 Å². The molecule has 0 spiro atoms. The molecular formula is C23H20Cl2N2O2. The first kappa shape index (κ1) is 19.7. The second kappa shape index (κ2) is 8.44. The number of halogens is 2. The fourth-order valence-corrected chi connectivity index (χ4v) is 4.12. The first-order chi connectivity index (χ1) is 14.0. The zero-order valence-corrected chi connectivity index (χ0v) is 17.2. The summed E-state index contributed by atoms with van der Waals surface area (Å²) in [5.74, 6) is -0.484. The molecule has 4 nitrogen and oxygen atoms in total. The Labute approximate surface area is 179 Å². The number of carbonyl (C=O) groups is 2. The van der Waals surface area contributed by atoms with E-state index < -0.39 is 0 Å². The number of likely N-dealkylation sites (tertiary alicyclic amines) is 1.